The summed E-state index contributed by atoms with van der Waals surface area (Å²) in [5.74, 6) is 0. The molecule has 0 saturated carbocycles. The van der Waals surface area contributed by atoms with Gasteiger partial charge in [-0.2, -0.15) is 0 Å². The number of ether oxygens (including phenoxy) is 1. The molecule has 78 valence electrons. The molecule has 0 aliphatic rings. The van der Waals surface area contributed by atoms with Crippen LogP contribution in [-0.4, -0.2) is 34.8 Å². The third-order valence-corrected chi connectivity index (χ3v) is 1.81. The molecule has 0 spiro atoms. The predicted molar refractivity (Wildman–Crippen MR) is 54.0 cm³/mol. The molecule has 0 saturated heterocycles. The Morgan fingerprint density at radius 3 is 2.54 bits per heavy atom. The van der Waals surface area contributed by atoms with Crippen LogP contribution in [0, 0.1) is 0 Å². The molecule has 0 aromatic rings. The van der Waals surface area contributed by atoms with E-state index in [1.165, 1.54) is 0 Å². The Morgan fingerprint density at radius 2 is 2.15 bits per heavy atom. The molecule has 0 heterocycles. The Morgan fingerprint density at radius 1 is 1.62 bits per heavy atom. The fourth-order valence-corrected chi connectivity index (χ4v) is 0.799. The van der Waals surface area contributed by atoms with E-state index in [4.69, 9.17) is 9.84 Å². The second kappa shape index (κ2) is 5.44. The van der Waals surface area contributed by atoms with Gasteiger partial charge in [0, 0.05) is 11.9 Å². The highest BCUT2D eigenvalue weighted by Crippen LogP contribution is 2.06. The number of rotatable bonds is 3. The SMILES string of the molecule is CC(C)(C)OC(=O)NC[C@H](O)CBr. The van der Waals surface area contributed by atoms with Crippen LogP contribution in [0.1, 0.15) is 20.8 Å². The molecule has 1 atom stereocenters. The fourth-order valence-electron chi connectivity index (χ4n) is 0.570. The molecule has 0 aromatic heterocycles. The van der Waals surface area contributed by atoms with Crippen LogP contribution in [0.15, 0.2) is 0 Å². The maximum atomic E-state index is 11.0. The van der Waals surface area contributed by atoms with E-state index in [0.717, 1.165) is 0 Å². The molecule has 1 amide bonds. The summed E-state index contributed by atoms with van der Waals surface area (Å²) in [5.41, 5.74) is -0.497. The van der Waals surface area contributed by atoms with E-state index in [2.05, 4.69) is 21.2 Å². The zero-order chi connectivity index (χ0) is 10.5. The summed E-state index contributed by atoms with van der Waals surface area (Å²) in [6.45, 7) is 5.55. The van der Waals surface area contributed by atoms with E-state index in [9.17, 15) is 4.79 Å². The molecule has 0 unspecified atom stereocenters. The molecule has 2 N–H and O–H groups in total. The maximum absolute atomic E-state index is 11.0. The van der Waals surface area contributed by atoms with Gasteiger partial charge >= 0.3 is 6.09 Å². The number of halogens is 1. The van der Waals surface area contributed by atoms with Gasteiger partial charge in [-0.15, -0.1) is 0 Å². The van der Waals surface area contributed by atoms with Gasteiger partial charge in [0.15, 0.2) is 0 Å². The number of nitrogens with one attached hydrogen (secondary N) is 1. The summed E-state index contributed by atoms with van der Waals surface area (Å²) in [6.07, 6.45) is -1.08. The van der Waals surface area contributed by atoms with Gasteiger partial charge in [-0.1, -0.05) is 15.9 Å². The molecule has 0 aliphatic heterocycles. The largest absolute Gasteiger partial charge is 0.444 e. The summed E-state index contributed by atoms with van der Waals surface area (Å²) in [5, 5.41) is 12.0. The molecule has 0 aliphatic carbocycles. The Balaban J connectivity index is 3.64. The number of aliphatic hydroxyl groups excluding tert-OH is 1. The van der Waals surface area contributed by atoms with Gasteiger partial charge in [-0.25, -0.2) is 4.79 Å². The summed E-state index contributed by atoms with van der Waals surface area (Å²) >= 11 is 3.08. The molecule has 5 heteroatoms. The predicted octanol–water partition coefficient (Wildman–Crippen LogP) is 1.27. The number of alkyl carbamates (subject to hydrolysis) is 1. The highest BCUT2D eigenvalue weighted by Gasteiger charge is 2.16. The third kappa shape index (κ3) is 8.05. The minimum Gasteiger partial charge on any atom is -0.444 e. The van der Waals surface area contributed by atoms with Gasteiger partial charge in [0.25, 0.3) is 0 Å². The molecule has 4 nitrogen and oxygen atoms in total. The van der Waals surface area contributed by atoms with E-state index in [0.29, 0.717) is 5.33 Å². The van der Waals surface area contributed by atoms with Gasteiger partial charge in [-0.05, 0) is 20.8 Å². The number of hydrogen-bond acceptors (Lipinski definition) is 3. The van der Waals surface area contributed by atoms with Crippen LogP contribution in [0.5, 0.6) is 0 Å². The minimum atomic E-state index is -0.576. The highest BCUT2D eigenvalue weighted by molar-refractivity contribution is 9.09. The van der Waals surface area contributed by atoms with Crippen LogP contribution in [0.2, 0.25) is 0 Å². The van der Waals surface area contributed by atoms with Crippen LogP contribution in [0.25, 0.3) is 0 Å². The fraction of sp³-hybridized carbons (Fsp3) is 0.875. The van der Waals surface area contributed by atoms with Crippen molar-refractivity contribution in [2.24, 2.45) is 0 Å². The first kappa shape index (κ1) is 12.7. The van der Waals surface area contributed by atoms with Crippen LogP contribution in [-0.2, 0) is 4.74 Å². The number of carbonyl (C=O) groups is 1. The molecule has 0 fully saturated rings. The molecular weight excluding hydrogens is 238 g/mol. The zero-order valence-electron chi connectivity index (χ0n) is 8.13. The average Bonchev–Trinajstić information content (AvgIpc) is 1.97. The number of alkyl halides is 1. The van der Waals surface area contributed by atoms with Crippen molar-refractivity contribution in [3.05, 3.63) is 0 Å². The van der Waals surface area contributed by atoms with E-state index in [1.54, 1.807) is 20.8 Å². The van der Waals surface area contributed by atoms with Crippen LogP contribution >= 0.6 is 15.9 Å². The van der Waals surface area contributed by atoms with Crippen LogP contribution in [0.3, 0.4) is 0 Å². The van der Waals surface area contributed by atoms with E-state index < -0.39 is 17.8 Å². The van der Waals surface area contributed by atoms with Gasteiger partial charge in [-0.3, -0.25) is 0 Å². The Kier molecular flexibility index (Phi) is 5.32. The lowest BCUT2D eigenvalue weighted by atomic mass is 10.2. The number of amides is 1. The molecule has 0 rings (SSSR count). The Bertz CT molecular complexity index is 167. The van der Waals surface area contributed by atoms with Crippen molar-refractivity contribution in [2.75, 3.05) is 11.9 Å². The van der Waals surface area contributed by atoms with Crippen molar-refractivity contribution in [3.8, 4) is 0 Å². The van der Waals surface area contributed by atoms with Crippen molar-refractivity contribution in [1.29, 1.82) is 0 Å². The standard InChI is InChI=1S/C8H16BrNO3/c1-8(2,3)13-7(12)10-5-6(11)4-9/h6,11H,4-5H2,1-3H3,(H,10,12)/t6-/m1/s1. The van der Waals surface area contributed by atoms with E-state index >= 15 is 0 Å². The number of carbonyl (C=O) groups excluding carboxylic acids is 1. The molecular formula is C8H16BrNO3. The minimum absolute atomic E-state index is 0.195. The van der Waals surface area contributed by atoms with Crippen molar-refractivity contribution >= 4 is 22.0 Å². The number of aliphatic hydroxyl groups is 1. The Labute approximate surface area is 86.8 Å². The Hall–Kier alpha value is -0.290. The summed E-state index contributed by atoms with van der Waals surface area (Å²) in [4.78, 5) is 11.0. The quantitative estimate of drug-likeness (QED) is 0.745. The lowest BCUT2D eigenvalue weighted by Gasteiger charge is -2.20. The maximum Gasteiger partial charge on any atom is 0.407 e. The van der Waals surface area contributed by atoms with Crippen LogP contribution < -0.4 is 5.32 Å². The summed E-state index contributed by atoms with van der Waals surface area (Å²) < 4.78 is 4.96. The van der Waals surface area contributed by atoms with E-state index in [-0.39, 0.29) is 6.54 Å². The van der Waals surface area contributed by atoms with E-state index in [1.807, 2.05) is 0 Å². The van der Waals surface area contributed by atoms with Crippen molar-refractivity contribution in [3.63, 3.8) is 0 Å². The van der Waals surface area contributed by atoms with Crippen molar-refractivity contribution in [1.82, 2.24) is 5.32 Å². The second-order valence-corrected chi connectivity index (χ2v) is 4.34. The zero-order valence-corrected chi connectivity index (χ0v) is 9.72. The average molecular weight is 254 g/mol. The first-order valence-corrected chi connectivity index (χ1v) is 5.18. The summed E-state index contributed by atoms with van der Waals surface area (Å²) in [6, 6.07) is 0. The highest BCUT2D eigenvalue weighted by atomic mass is 79.9. The van der Waals surface area contributed by atoms with Crippen molar-refractivity contribution in [2.45, 2.75) is 32.5 Å². The van der Waals surface area contributed by atoms with Crippen LogP contribution in [0.4, 0.5) is 4.79 Å². The smallest absolute Gasteiger partial charge is 0.407 e. The molecule has 0 aromatic carbocycles. The monoisotopic (exact) mass is 253 g/mol. The first-order valence-electron chi connectivity index (χ1n) is 4.06. The first-order chi connectivity index (χ1) is 5.85. The molecule has 0 bridgehead atoms. The molecule has 13 heavy (non-hydrogen) atoms. The normalized spacial score (nSPS) is 13.6. The second-order valence-electron chi connectivity index (χ2n) is 3.69. The lowest BCUT2D eigenvalue weighted by Crippen LogP contribution is -2.37. The van der Waals surface area contributed by atoms with Gasteiger partial charge in [0.2, 0.25) is 0 Å². The topological polar surface area (TPSA) is 58.6 Å². The van der Waals surface area contributed by atoms with Gasteiger partial charge < -0.3 is 15.2 Å². The third-order valence-electron chi connectivity index (χ3n) is 1.06. The van der Waals surface area contributed by atoms with Gasteiger partial charge in [0.05, 0.1) is 6.10 Å². The lowest BCUT2D eigenvalue weighted by molar-refractivity contribution is 0.0500. The van der Waals surface area contributed by atoms with Gasteiger partial charge in [0.1, 0.15) is 5.60 Å². The molecule has 0 radical (unpaired) electrons. The summed E-state index contributed by atoms with van der Waals surface area (Å²) in [7, 11) is 0. The van der Waals surface area contributed by atoms with Crippen molar-refractivity contribution < 1.29 is 14.6 Å². The number of hydrogen-bond donors (Lipinski definition) is 2.